The molecular formula is C9H17Cl. The quantitative estimate of drug-likeness (QED) is 0.406. The normalized spacial score (nSPS) is 25.8. The van der Waals surface area contributed by atoms with Gasteiger partial charge in [-0.25, -0.2) is 0 Å². The number of alkyl halides is 1. The van der Waals surface area contributed by atoms with Gasteiger partial charge in [0, 0.05) is 5.38 Å². The molecule has 1 unspecified atom stereocenters. The van der Waals surface area contributed by atoms with Crippen molar-refractivity contribution in [3.8, 4) is 0 Å². The number of hydrogen-bond acceptors (Lipinski definition) is 0. The molecule has 1 saturated carbocycles. The maximum atomic E-state index is 6.03. The third-order valence-electron chi connectivity index (χ3n) is 2.55. The van der Waals surface area contributed by atoms with E-state index in [0.717, 1.165) is 5.92 Å². The minimum absolute atomic E-state index is 0.401. The Hall–Kier alpha value is 0.290. The molecule has 1 fully saturated rings. The van der Waals surface area contributed by atoms with Crippen LogP contribution >= 0.6 is 11.6 Å². The first-order valence-electron chi connectivity index (χ1n) is 4.45. The lowest BCUT2D eigenvalue weighted by Gasteiger charge is -2.15. The van der Waals surface area contributed by atoms with Crippen LogP contribution in [0.3, 0.4) is 0 Å². The summed E-state index contributed by atoms with van der Waals surface area (Å²) in [5.74, 6) is 0.809. The van der Waals surface area contributed by atoms with Gasteiger partial charge in [0.2, 0.25) is 0 Å². The second-order valence-corrected chi connectivity index (χ2v) is 4.12. The van der Waals surface area contributed by atoms with E-state index in [1.807, 2.05) is 0 Å². The molecule has 0 heterocycles. The lowest BCUT2D eigenvalue weighted by molar-refractivity contribution is 0.453. The van der Waals surface area contributed by atoms with Crippen molar-refractivity contribution >= 4 is 11.6 Å². The summed E-state index contributed by atoms with van der Waals surface area (Å²) < 4.78 is 0. The molecule has 0 aliphatic heterocycles. The van der Waals surface area contributed by atoms with Crippen LogP contribution in [0.1, 0.15) is 45.4 Å². The van der Waals surface area contributed by atoms with E-state index < -0.39 is 0 Å². The van der Waals surface area contributed by atoms with Gasteiger partial charge in [-0.05, 0) is 25.7 Å². The van der Waals surface area contributed by atoms with Crippen molar-refractivity contribution in [3.05, 3.63) is 0 Å². The van der Waals surface area contributed by atoms with Crippen LogP contribution in [-0.4, -0.2) is 5.38 Å². The molecule has 0 spiro atoms. The van der Waals surface area contributed by atoms with Crippen LogP contribution in [0.5, 0.6) is 0 Å². The fourth-order valence-corrected chi connectivity index (χ4v) is 2.02. The zero-order valence-corrected chi connectivity index (χ0v) is 7.53. The Morgan fingerprint density at radius 3 is 2.00 bits per heavy atom. The first kappa shape index (κ1) is 8.39. The van der Waals surface area contributed by atoms with Gasteiger partial charge >= 0.3 is 0 Å². The zero-order chi connectivity index (χ0) is 7.40. The molecule has 0 bridgehead atoms. The third kappa shape index (κ3) is 2.49. The van der Waals surface area contributed by atoms with Gasteiger partial charge in [0.25, 0.3) is 0 Å². The maximum absolute atomic E-state index is 6.03. The summed E-state index contributed by atoms with van der Waals surface area (Å²) in [7, 11) is 0. The van der Waals surface area contributed by atoms with E-state index in [9.17, 15) is 0 Å². The highest BCUT2D eigenvalue weighted by Gasteiger charge is 2.16. The van der Waals surface area contributed by atoms with Crippen LogP contribution < -0.4 is 0 Å². The van der Waals surface area contributed by atoms with E-state index in [0.29, 0.717) is 5.38 Å². The highest BCUT2D eigenvalue weighted by Crippen LogP contribution is 2.27. The van der Waals surface area contributed by atoms with Gasteiger partial charge in [-0.1, -0.05) is 25.7 Å². The highest BCUT2D eigenvalue weighted by molar-refractivity contribution is 6.20. The Kier molecular flexibility index (Phi) is 3.55. The van der Waals surface area contributed by atoms with E-state index >= 15 is 0 Å². The minimum atomic E-state index is 0.401. The second-order valence-electron chi connectivity index (χ2n) is 3.43. The molecule has 1 aliphatic carbocycles. The molecule has 10 heavy (non-hydrogen) atoms. The van der Waals surface area contributed by atoms with Crippen LogP contribution in [0.25, 0.3) is 0 Å². The molecule has 0 N–H and O–H groups in total. The standard InChI is InChI=1S/C9H17Cl/c1-8(10)9-6-4-2-3-5-7-9/h8-9H,2-7H2,1H3. The van der Waals surface area contributed by atoms with Crippen LogP contribution in [-0.2, 0) is 0 Å². The molecule has 1 rings (SSSR count). The number of halogens is 1. The van der Waals surface area contributed by atoms with Crippen molar-refractivity contribution in [1.29, 1.82) is 0 Å². The summed E-state index contributed by atoms with van der Waals surface area (Å²) >= 11 is 6.03. The molecule has 60 valence electrons. The van der Waals surface area contributed by atoms with Crippen molar-refractivity contribution in [2.45, 2.75) is 50.8 Å². The Morgan fingerprint density at radius 1 is 1.10 bits per heavy atom. The molecule has 0 radical (unpaired) electrons. The molecule has 1 atom stereocenters. The Morgan fingerprint density at radius 2 is 1.60 bits per heavy atom. The van der Waals surface area contributed by atoms with E-state index in [-0.39, 0.29) is 0 Å². The smallest absolute Gasteiger partial charge is 0.0336 e. The number of rotatable bonds is 1. The number of hydrogen-bond donors (Lipinski definition) is 0. The van der Waals surface area contributed by atoms with Gasteiger partial charge in [0.1, 0.15) is 0 Å². The van der Waals surface area contributed by atoms with Crippen LogP contribution in [0.4, 0.5) is 0 Å². The lowest BCUT2D eigenvalue weighted by atomic mass is 9.97. The summed E-state index contributed by atoms with van der Waals surface area (Å²) in [5.41, 5.74) is 0. The Balaban J connectivity index is 2.28. The van der Waals surface area contributed by atoms with Crippen molar-refractivity contribution in [1.82, 2.24) is 0 Å². The maximum Gasteiger partial charge on any atom is 0.0336 e. The molecular weight excluding hydrogens is 144 g/mol. The molecule has 0 aromatic heterocycles. The zero-order valence-electron chi connectivity index (χ0n) is 6.78. The third-order valence-corrected chi connectivity index (χ3v) is 2.91. The molecule has 0 saturated heterocycles. The molecule has 0 nitrogen and oxygen atoms in total. The van der Waals surface area contributed by atoms with Crippen molar-refractivity contribution in [3.63, 3.8) is 0 Å². The highest BCUT2D eigenvalue weighted by atomic mass is 35.5. The summed E-state index contributed by atoms with van der Waals surface area (Å²) in [4.78, 5) is 0. The van der Waals surface area contributed by atoms with Crippen molar-refractivity contribution < 1.29 is 0 Å². The minimum Gasteiger partial charge on any atom is -0.123 e. The first-order valence-corrected chi connectivity index (χ1v) is 4.88. The average Bonchev–Trinajstić information content (AvgIpc) is 2.12. The topological polar surface area (TPSA) is 0 Å². The molecule has 0 aromatic carbocycles. The first-order chi connectivity index (χ1) is 4.80. The van der Waals surface area contributed by atoms with Crippen LogP contribution in [0.2, 0.25) is 0 Å². The predicted octanol–water partition coefficient (Wildman–Crippen LogP) is 3.58. The van der Waals surface area contributed by atoms with E-state index in [2.05, 4.69) is 6.92 Å². The Labute approximate surface area is 69.0 Å². The van der Waals surface area contributed by atoms with Gasteiger partial charge < -0.3 is 0 Å². The summed E-state index contributed by atoms with van der Waals surface area (Å²) in [6, 6.07) is 0. The molecule has 0 amide bonds. The monoisotopic (exact) mass is 160 g/mol. The van der Waals surface area contributed by atoms with E-state index in [4.69, 9.17) is 11.6 Å². The fraction of sp³-hybridized carbons (Fsp3) is 1.00. The van der Waals surface area contributed by atoms with Gasteiger partial charge in [-0.3, -0.25) is 0 Å². The van der Waals surface area contributed by atoms with Gasteiger partial charge in [-0.2, -0.15) is 0 Å². The predicted molar refractivity (Wildman–Crippen MR) is 46.5 cm³/mol. The fourth-order valence-electron chi connectivity index (χ4n) is 1.77. The molecule has 0 aromatic rings. The van der Waals surface area contributed by atoms with Gasteiger partial charge in [-0.15, -0.1) is 11.6 Å². The van der Waals surface area contributed by atoms with Crippen LogP contribution in [0, 0.1) is 5.92 Å². The van der Waals surface area contributed by atoms with E-state index in [1.165, 1.54) is 38.5 Å². The van der Waals surface area contributed by atoms with Gasteiger partial charge in [0.05, 0.1) is 0 Å². The van der Waals surface area contributed by atoms with Crippen LogP contribution in [0.15, 0.2) is 0 Å². The van der Waals surface area contributed by atoms with Crippen molar-refractivity contribution in [2.24, 2.45) is 5.92 Å². The Bertz CT molecular complexity index is 80.7. The lowest BCUT2D eigenvalue weighted by Crippen LogP contribution is -2.09. The van der Waals surface area contributed by atoms with Gasteiger partial charge in [0.15, 0.2) is 0 Å². The SMILES string of the molecule is CC(Cl)C1CCCCCC1. The molecule has 1 aliphatic rings. The summed E-state index contributed by atoms with van der Waals surface area (Å²) in [6.45, 7) is 2.14. The summed E-state index contributed by atoms with van der Waals surface area (Å²) in [5, 5.41) is 0.401. The second kappa shape index (κ2) is 4.23. The molecule has 1 heteroatoms. The summed E-state index contributed by atoms with van der Waals surface area (Å²) in [6.07, 6.45) is 8.40. The van der Waals surface area contributed by atoms with E-state index in [1.54, 1.807) is 0 Å². The largest absolute Gasteiger partial charge is 0.123 e. The van der Waals surface area contributed by atoms with Crippen molar-refractivity contribution in [2.75, 3.05) is 0 Å². The average molecular weight is 161 g/mol.